The number of hydrogen-bond acceptors (Lipinski definition) is 7. The molecule has 3 heterocycles. The molecule has 1 aliphatic heterocycles. The second-order valence-electron chi connectivity index (χ2n) is 8.02. The van der Waals surface area contributed by atoms with Crippen molar-refractivity contribution in [2.75, 3.05) is 27.4 Å². The predicted octanol–water partition coefficient (Wildman–Crippen LogP) is 3.75. The summed E-state index contributed by atoms with van der Waals surface area (Å²) in [5.41, 5.74) is 1.16. The van der Waals surface area contributed by atoms with Gasteiger partial charge >= 0.3 is 0 Å². The molecular formula is C26H24N2O7. The number of carbonyl (C=O) groups is 1. The third-order valence-corrected chi connectivity index (χ3v) is 5.79. The summed E-state index contributed by atoms with van der Waals surface area (Å²) < 4.78 is 27.4. The summed E-state index contributed by atoms with van der Waals surface area (Å²) in [5, 5.41) is 0.778. The summed E-state index contributed by atoms with van der Waals surface area (Å²) in [6.07, 6.45) is 1.54. The van der Waals surface area contributed by atoms with Crippen molar-refractivity contribution in [2.45, 2.75) is 13.1 Å². The molecule has 1 aliphatic rings. The zero-order valence-corrected chi connectivity index (χ0v) is 19.3. The van der Waals surface area contributed by atoms with Crippen LogP contribution in [0.4, 0.5) is 0 Å². The van der Waals surface area contributed by atoms with E-state index in [1.54, 1.807) is 53.6 Å². The first kappa shape index (κ1) is 22.4. The smallest absolute Gasteiger partial charge is 0.254 e. The average Bonchev–Trinajstić information content (AvgIpc) is 3.40. The van der Waals surface area contributed by atoms with Crippen LogP contribution in [0, 0.1) is 0 Å². The van der Waals surface area contributed by atoms with E-state index in [4.69, 9.17) is 23.4 Å². The van der Waals surface area contributed by atoms with Crippen LogP contribution >= 0.6 is 0 Å². The standard InChI is InChI=1S/C26H24N2O7/c1-31-21-6-5-16(11-22(21)32-2)26(30)28(15-19-4-3-7-33-19)14-18-10-17-12-23-24(35-9-8-34-23)13-20(17)27-25(18)29/h3-7,10-13H,8-9,14-15H2,1-2H3,(H,27,29). The van der Waals surface area contributed by atoms with Gasteiger partial charge in [0.25, 0.3) is 11.5 Å². The van der Waals surface area contributed by atoms with Gasteiger partial charge in [-0.1, -0.05) is 0 Å². The van der Waals surface area contributed by atoms with E-state index in [0.29, 0.717) is 58.6 Å². The third-order valence-electron chi connectivity index (χ3n) is 5.79. The van der Waals surface area contributed by atoms with Crippen molar-refractivity contribution in [3.63, 3.8) is 0 Å². The van der Waals surface area contributed by atoms with Crippen LogP contribution in [0.1, 0.15) is 21.7 Å². The van der Waals surface area contributed by atoms with Gasteiger partial charge in [0.1, 0.15) is 19.0 Å². The molecular weight excluding hydrogens is 452 g/mol. The van der Waals surface area contributed by atoms with E-state index in [0.717, 1.165) is 5.39 Å². The number of amides is 1. The molecule has 0 saturated heterocycles. The van der Waals surface area contributed by atoms with Crippen LogP contribution in [0.2, 0.25) is 0 Å². The molecule has 180 valence electrons. The topological polar surface area (TPSA) is 103 Å². The van der Waals surface area contributed by atoms with Crippen molar-refractivity contribution >= 4 is 16.8 Å². The van der Waals surface area contributed by atoms with Crippen LogP contribution in [-0.4, -0.2) is 43.2 Å². The fraction of sp³-hybridized carbons (Fsp3) is 0.231. The first-order chi connectivity index (χ1) is 17.1. The summed E-state index contributed by atoms with van der Waals surface area (Å²) in [6, 6.07) is 13.8. The van der Waals surface area contributed by atoms with Gasteiger partial charge in [0.15, 0.2) is 23.0 Å². The summed E-state index contributed by atoms with van der Waals surface area (Å²) in [4.78, 5) is 31.0. The molecule has 5 rings (SSSR count). The number of benzene rings is 2. The normalized spacial score (nSPS) is 12.4. The highest BCUT2D eigenvalue weighted by atomic mass is 16.6. The van der Waals surface area contributed by atoms with Crippen molar-refractivity contribution in [1.29, 1.82) is 0 Å². The van der Waals surface area contributed by atoms with E-state index in [1.165, 1.54) is 14.2 Å². The highest BCUT2D eigenvalue weighted by Crippen LogP contribution is 2.34. The second-order valence-corrected chi connectivity index (χ2v) is 8.02. The van der Waals surface area contributed by atoms with E-state index in [-0.39, 0.29) is 24.6 Å². The van der Waals surface area contributed by atoms with Gasteiger partial charge in [-0.15, -0.1) is 0 Å². The Kier molecular flexibility index (Phi) is 6.05. The average molecular weight is 476 g/mol. The molecule has 0 atom stereocenters. The predicted molar refractivity (Wildman–Crippen MR) is 127 cm³/mol. The van der Waals surface area contributed by atoms with Crippen LogP contribution in [0.25, 0.3) is 10.9 Å². The first-order valence-electron chi connectivity index (χ1n) is 11.0. The molecule has 35 heavy (non-hydrogen) atoms. The Hall–Kier alpha value is -4.40. The Balaban J connectivity index is 1.50. The molecule has 9 heteroatoms. The molecule has 9 nitrogen and oxygen atoms in total. The number of aromatic nitrogens is 1. The van der Waals surface area contributed by atoms with Gasteiger partial charge in [0, 0.05) is 22.6 Å². The Bertz CT molecular complexity index is 1430. The molecule has 4 aromatic rings. The number of ether oxygens (including phenoxy) is 4. The quantitative estimate of drug-likeness (QED) is 0.433. The summed E-state index contributed by atoms with van der Waals surface area (Å²) >= 11 is 0. The Morgan fingerprint density at radius 3 is 2.46 bits per heavy atom. The van der Waals surface area contributed by atoms with Crippen LogP contribution < -0.4 is 24.5 Å². The summed E-state index contributed by atoms with van der Waals surface area (Å²) in [6.45, 7) is 1.17. The van der Waals surface area contributed by atoms with Gasteiger partial charge < -0.3 is 33.2 Å². The van der Waals surface area contributed by atoms with E-state index < -0.39 is 0 Å². The van der Waals surface area contributed by atoms with E-state index in [9.17, 15) is 9.59 Å². The number of hydrogen-bond donors (Lipinski definition) is 1. The fourth-order valence-electron chi connectivity index (χ4n) is 4.05. The number of nitrogens with zero attached hydrogens (tertiary/aromatic N) is 1. The van der Waals surface area contributed by atoms with Crippen molar-refractivity contribution in [2.24, 2.45) is 0 Å². The SMILES string of the molecule is COc1ccc(C(=O)N(Cc2ccco2)Cc2cc3cc4c(cc3[nH]c2=O)OCCO4)cc1OC. The van der Waals surface area contributed by atoms with Gasteiger partial charge in [-0.3, -0.25) is 9.59 Å². The maximum absolute atomic E-state index is 13.5. The van der Waals surface area contributed by atoms with Crippen molar-refractivity contribution < 1.29 is 28.2 Å². The summed E-state index contributed by atoms with van der Waals surface area (Å²) in [5.74, 6) is 2.47. The van der Waals surface area contributed by atoms with Crippen molar-refractivity contribution in [3.8, 4) is 23.0 Å². The number of rotatable bonds is 7. The zero-order chi connectivity index (χ0) is 24.4. The monoisotopic (exact) mass is 476 g/mol. The molecule has 0 aliphatic carbocycles. The first-order valence-corrected chi connectivity index (χ1v) is 11.0. The number of pyridine rings is 1. The Morgan fingerprint density at radius 1 is 0.971 bits per heavy atom. The number of fused-ring (bicyclic) bond motifs is 2. The molecule has 0 fully saturated rings. The van der Waals surface area contributed by atoms with E-state index in [1.807, 2.05) is 6.07 Å². The Morgan fingerprint density at radius 2 is 1.74 bits per heavy atom. The number of nitrogens with one attached hydrogen (secondary N) is 1. The molecule has 0 unspecified atom stereocenters. The summed E-state index contributed by atoms with van der Waals surface area (Å²) in [7, 11) is 3.04. The minimum atomic E-state index is -0.293. The number of methoxy groups -OCH3 is 2. The lowest BCUT2D eigenvalue weighted by Gasteiger charge is -2.23. The van der Waals surface area contributed by atoms with Crippen molar-refractivity contribution in [1.82, 2.24) is 9.88 Å². The fourth-order valence-corrected chi connectivity index (χ4v) is 4.05. The highest BCUT2D eigenvalue weighted by molar-refractivity contribution is 5.95. The lowest BCUT2D eigenvalue weighted by atomic mass is 10.1. The molecule has 0 spiro atoms. The molecule has 0 radical (unpaired) electrons. The van der Waals surface area contributed by atoms with Gasteiger partial charge in [-0.25, -0.2) is 0 Å². The number of H-pyrrole nitrogens is 1. The lowest BCUT2D eigenvalue weighted by Crippen LogP contribution is -2.32. The number of carbonyl (C=O) groups excluding carboxylic acids is 1. The largest absolute Gasteiger partial charge is 0.493 e. The van der Waals surface area contributed by atoms with Gasteiger partial charge in [-0.2, -0.15) is 0 Å². The van der Waals surface area contributed by atoms with Crippen LogP contribution in [-0.2, 0) is 13.1 Å². The van der Waals surface area contributed by atoms with Crippen molar-refractivity contribution in [3.05, 3.63) is 82.0 Å². The molecule has 2 aromatic carbocycles. The van der Waals surface area contributed by atoms with E-state index in [2.05, 4.69) is 4.98 Å². The Labute approximate surface area is 200 Å². The van der Waals surface area contributed by atoms with E-state index >= 15 is 0 Å². The number of furan rings is 1. The molecule has 1 N–H and O–H groups in total. The van der Waals surface area contributed by atoms with Gasteiger partial charge in [0.2, 0.25) is 0 Å². The zero-order valence-electron chi connectivity index (χ0n) is 19.3. The van der Waals surface area contributed by atoms with Crippen LogP contribution in [0.5, 0.6) is 23.0 Å². The van der Waals surface area contributed by atoms with Gasteiger partial charge in [-0.05, 0) is 42.5 Å². The maximum atomic E-state index is 13.5. The minimum Gasteiger partial charge on any atom is -0.493 e. The van der Waals surface area contributed by atoms with Gasteiger partial charge in [0.05, 0.1) is 39.1 Å². The number of aromatic amines is 1. The molecule has 0 saturated carbocycles. The third kappa shape index (κ3) is 4.52. The minimum absolute atomic E-state index is 0.0631. The second kappa shape index (κ2) is 9.46. The maximum Gasteiger partial charge on any atom is 0.254 e. The lowest BCUT2D eigenvalue weighted by molar-refractivity contribution is 0.0716. The van der Waals surface area contributed by atoms with Crippen LogP contribution in [0.15, 0.2) is 64.0 Å². The molecule has 1 amide bonds. The molecule has 2 aromatic heterocycles. The van der Waals surface area contributed by atoms with Crippen LogP contribution in [0.3, 0.4) is 0 Å². The molecule has 0 bridgehead atoms. The highest BCUT2D eigenvalue weighted by Gasteiger charge is 2.22.